The third-order valence-corrected chi connectivity index (χ3v) is 3.60. The molecule has 0 unspecified atom stereocenters. The number of rotatable bonds is 2. The van der Waals surface area contributed by atoms with Crippen LogP contribution in [0.5, 0.6) is 0 Å². The highest BCUT2D eigenvalue weighted by molar-refractivity contribution is 9.10. The first-order valence-corrected chi connectivity index (χ1v) is 6.37. The lowest BCUT2D eigenvalue weighted by Gasteiger charge is -2.10. The summed E-state index contributed by atoms with van der Waals surface area (Å²) >= 11 is 3.61. The molecule has 1 aromatic carbocycles. The number of nitrogen functional groups attached to an aromatic ring is 1. The number of anilines is 1. The maximum absolute atomic E-state index is 5.97. The molecule has 0 aliphatic heterocycles. The zero-order chi connectivity index (χ0) is 12.6. The highest BCUT2D eigenvalue weighted by Crippen LogP contribution is 2.32. The van der Waals surface area contributed by atoms with Crippen molar-refractivity contribution in [3.05, 3.63) is 34.4 Å². The fraction of sp³-hybridized carbons (Fsp3) is 0.308. The van der Waals surface area contributed by atoms with E-state index in [-0.39, 0.29) is 0 Å². The second kappa shape index (κ2) is 4.53. The van der Waals surface area contributed by atoms with E-state index in [1.54, 1.807) is 10.9 Å². The molecule has 17 heavy (non-hydrogen) atoms. The van der Waals surface area contributed by atoms with Gasteiger partial charge in [0.15, 0.2) is 0 Å². The van der Waals surface area contributed by atoms with Crippen LogP contribution in [-0.4, -0.2) is 9.78 Å². The van der Waals surface area contributed by atoms with Crippen molar-refractivity contribution in [1.82, 2.24) is 9.78 Å². The molecule has 0 radical (unpaired) electrons. The summed E-state index contributed by atoms with van der Waals surface area (Å²) < 4.78 is 2.80. The molecule has 0 spiro atoms. The summed E-state index contributed by atoms with van der Waals surface area (Å²) in [6.45, 7) is 4.36. The maximum atomic E-state index is 5.97. The number of nitrogens with zero attached hydrogens (tertiary/aromatic N) is 2. The van der Waals surface area contributed by atoms with Gasteiger partial charge in [0, 0.05) is 17.1 Å². The van der Waals surface area contributed by atoms with Crippen LogP contribution in [0.25, 0.3) is 11.1 Å². The van der Waals surface area contributed by atoms with Crippen LogP contribution in [0, 0.1) is 0 Å². The summed E-state index contributed by atoms with van der Waals surface area (Å²) in [6.07, 6.45) is 1.80. The van der Waals surface area contributed by atoms with Gasteiger partial charge in [0.05, 0.1) is 6.20 Å². The minimum absolute atomic E-state index is 0.504. The lowest BCUT2D eigenvalue weighted by molar-refractivity contribution is 0.779. The zero-order valence-electron chi connectivity index (χ0n) is 10.2. The Bertz CT molecular complexity index is 544. The van der Waals surface area contributed by atoms with Gasteiger partial charge in [0.2, 0.25) is 0 Å². The van der Waals surface area contributed by atoms with Crippen molar-refractivity contribution in [2.24, 2.45) is 7.05 Å². The molecule has 0 amide bonds. The van der Waals surface area contributed by atoms with Gasteiger partial charge < -0.3 is 5.73 Å². The van der Waals surface area contributed by atoms with Crippen molar-refractivity contribution in [1.29, 1.82) is 0 Å². The van der Waals surface area contributed by atoms with Crippen LogP contribution in [-0.2, 0) is 7.05 Å². The quantitative estimate of drug-likeness (QED) is 0.920. The Balaban J connectivity index is 2.48. The molecule has 2 N–H and O–H groups in total. The number of halogens is 1. The number of hydrogen-bond acceptors (Lipinski definition) is 2. The third-order valence-electron chi connectivity index (χ3n) is 2.92. The van der Waals surface area contributed by atoms with Gasteiger partial charge >= 0.3 is 0 Å². The minimum Gasteiger partial charge on any atom is -0.383 e. The first-order chi connectivity index (χ1) is 8.00. The SMILES string of the molecule is CC(C)c1ccc(-c2cnn(C)c2N)cc1Br. The Kier molecular flexibility index (Phi) is 3.24. The minimum atomic E-state index is 0.504. The van der Waals surface area contributed by atoms with E-state index in [4.69, 9.17) is 5.73 Å². The van der Waals surface area contributed by atoms with Crippen molar-refractivity contribution in [3.63, 3.8) is 0 Å². The van der Waals surface area contributed by atoms with Crippen LogP contribution in [0.1, 0.15) is 25.3 Å². The molecule has 0 saturated heterocycles. The summed E-state index contributed by atoms with van der Waals surface area (Å²) in [7, 11) is 1.84. The topological polar surface area (TPSA) is 43.8 Å². The van der Waals surface area contributed by atoms with Crippen LogP contribution in [0.4, 0.5) is 5.82 Å². The molecule has 2 aromatic rings. The normalized spacial score (nSPS) is 11.1. The number of aryl methyl sites for hydroxylation is 1. The summed E-state index contributed by atoms with van der Waals surface area (Å²) in [4.78, 5) is 0. The fourth-order valence-corrected chi connectivity index (χ4v) is 2.67. The van der Waals surface area contributed by atoms with Crippen LogP contribution < -0.4 is 5.73 Å². The molecule has 1 heterocycles. The average Bonchev–Trinajstić information content (AvgIpc) is 2.59. The average molecular weight is 294 g/mol. The van der Waals surface area contributed by atoms with E-state index < -0.39 is 0 Å². The first-order valence-electron chi connectivity index (χ1n) is 5.58. The van der Waals surface area contributed by atoms with Crippen LogP contribution in [0.3, 0.4) is 0 Å². The second-order valence-electron chi connectivity index (χ2n) is 4.46. The Labute approximate surface area is 110 Å². The molecule has 0 bridgehead atoms. The molecule has 0 fully saturated rings. The van der Waals surface area contributed by atoms with Crippen molar-refractivity contribution in [2.45, 2.75) is 19.8 Å². The molecule has 0 saturated carbocycles. The van der Waals surface area contributed by atoms with Crippen LogP contribution in [0.2, 0.25) is 0 Å². The molecule has 2 rings (SSSR count). The van der Waals surface area contributed by atoms with E-state index in [0.29, 0.717) is 11.7 Å². The summed E-state index contributed by atoms with van der Waals surface area (Å²) in [5.41, 5.74) is 9.33. The maximum Gasteiger partial charge on any atom is 0.129 e. The third kappa shape index (κ3) is 2.22. The van der Waals surface area contributed by atoms with Gasteiger partial charge in [0.1, 0.15) is 5.82 Å². The highest BCUT2D eigenvalue weighted by atomic mass is 79.9. The monoisotopic (exact) mass is 293 g/mol. The molecule has 0 atom stereocenters. The summed E-state index contributed by atoms with van der Waals surface area (Å²) in [6, 6.07) is 6.33. The smallest absolute Gasteiger partial charge is 0.129 e. The van der Waals surface area contributed by atoms with Gasteiger partial charge in [0.25, 0.3) is 0 Å². The molecule has 0 aliphatic rings. The molecule has 4 heteroatoms. The Morgan fingerprint density at radius 3 is 2.53 bits per heavy atom. The fourth-order valence-electron chi connectivity index (χ4n) is 1.83. The van der Waals surface area contributed by atoms with E-state index in [2.05, 4.69) is 53.1 Å². The van der Waals surface area contributed by atoms with E-state index >= 15 is 0 Å². The molecule has 0 aliphatic carbocycles. The predicted molar refractivity (Wildman–Crippen MR) is 74.8 cm³/mol. The van der Waals surface area contributed by atoms with Gasteiger partial charge in [-0.1, -0.05) is 41.9 Å². The van der Waals surface area contributed by atoms with Gasteiger partial charge in [-0.25, -0.2) is 0 Å². The van der Waals surface area contributed by atoms with E-state index in [1.807, 2.05) is 7.05 Å². The van der Waals surface area contributed by atoms with Gasteiger partial charge in [-0.15, -0.1) is 0 Å². The summed E-state index contributed by atoms with van der Waals surface area (Å²) in [5.74, 6) is 1.19. The Hall–Kier alpha value is -1.29. The van der Waals surface area contributed by atoms with Crippen molar-refractivity contribution >= 4 is 21.7 Å². The molecular weight excluding hydrogens is 278 g/mol. The van der Waals surface area contributed by atoms with Crippen molar-refractivity contribution < 1.29 is 0 Å². The van der Waals surface area contributed by atoms with Gasteiger partial charge in [-0.05, 0) is 23.1 Å². The number of nitrogens with two attached hydrogens (primary N) is 1. The van der Waals surface area contributed by atoms with E-state index in [1.165, 1.54) is 5.56 Å². The molecular formula is C13H16BrN3. The van der Waals surface area contributed by atoms with Gasteiger partial charge in [-0.3, -0.25) is 4.68 Å². The zero-order valence-corrected chi connectivity index (χ0v) is 11.8. The number of benzene rings is 1. The van der Waals surface area contributed by atoms with E-state index in [0.717, 1.165) is 15.6 Å². The second-order valence-corrected chi connectivity index (χ2v) is 5.31. The lowest BCUT2D eigenvalue weighted by atomic mass is 10.00. The first kappa shape index (κ1) is 12.2. The largest absolute Gasteiger partial charge is 0.383 e. The lowest BCUT2D eigenvalue weighted by Crippen LogP contribution is -1.98. The molecule has 3 nitrogen and oxygen atoms in total. The van der Waals surface area contributed by atoms with E-state index in [9.17, 15) is 0 Å². The number of aromatic nitrogens is 2. The Morgan fingerprint density at radius 1 is 1.35 bits per heavy atom. The Morgan fingerprint density at radius 2 is 2.06 bits per heavy atom. The summed E-state index contributed by atoms with van der Waals surface area (Å²) in [5, 5.41) is 4.16. The number of hydrogen-bond donors (Lipinski definition) is 1. The highest BCUT2D eigenvalue weighted by Gasteiger charge is 2.10. The van der Waals surface area contributed by atoms with Crippen molar-refractivity contribution in [2.75, 3.05) is 5.73 Å². The van der Waals surface area contributed by atoms with Crippen molar-refractivity contribution in [3.8, 4) is 11.1 Å². The van der Waals surface area contributed by atoms with Gasteiger partial charge in [-0.2, -0.15) is 5.10 Å². The van der Waals surface area contributed by atoms with Crippen LogP contribution >= 0.6 is 15.9 Å². The standard InChI is InChI=1S/C13H16BrN3/c1-8(2)10-5-4-9(6-12(10)14)11-7-16-17(3)13(11)15/h4-8H,15H2,1-3H3. The molecule has 90 valence electrons. The molecule has 1 aromatic heterocycles. The van der Waals surface area contributed by atoms with Crippen LogP contribution in [0.15, 0.2) is 28.9 Å². The predicted octanol–water partition coefficient (Wildman–Crippen LogP) is 3.56.